The lowest BCUT2D eigenvalue weighted by Crippen LogP contribution is -2.32. The van der Waals surface area contributed by atoms with E-state index >= 15 is 0 Å². The number of benzene rings is 1. The highest BCUT2D eigenvalue weighted by Crippen LogP contribution is 2.20. The lowest BCUT2D eigenvalue weighted by Gasteiger charge is -2.28. The van der Waals surface area contributed by atoms with Crippen LogP contribution >= 0.6 is 11.8 Å². The molecule has 1 heterocycles. The number of nitrogens with zero attached hydrogens (tertiary/aromatic N) is 1. The molecule has 1 N–H and O–H groups in total. The van der Waals surface area contributed by atoms with Gasteiger partial charge in [0.2, 0.25) is 10.0 Å². The summed E-state index contributed by atoms with van der Waals surface area (Å²) in [6, 6.07) is 7.03. The highest BCUT2D eigenvalue weighted by atomic mass is 32.2. The normalized spacial score (nSPS) is 18.0. The van der Waals surface area contributed by atoms with E-state index < -0.39 is 10.0 Å². The monoisotopic (exact) mass is 328 g/mol. The zero-order chi connectivity index (χ0) is 15.3. The van der Waals surface area contributed by atoms with Crippen LogP contribution in [0.3, 0.4) is 0 Å². The van der Waals surface area contributed by atoms with E-state index in [1.807, 2.05) is 18.4 Å². The Kier molecular flexibility index (Phi) is 6.10. The summed E-state index contributed by atoms with van der Waals surface area (Å²) in [5, 5.41) is 0. The Hall–Kier alpha value is -0.560. The molecule has 0 aliphatic carbocycles. The van der Waals surface area contributed by atoms with Crippen molar-refractivity contribution in [1.82, 2.24) is 9.62 Å². The van der Waals surface area contributed by atoms with Crippen molar-refractivity contribution < 1.29 is 8.42 Å². The number of piperidine rings is 1. The van der Waals surface area contributed by atoms with E-state index in [1.54, 1.807) is 23.9 Å². The van der Waals surface area contributed by atoms with Crippen LogP contribution in [0.4, 0.5) is 0 Å². The molecule has 1 fully saturated rings. The lowest BCUT2D eigenvalue weighted by atomic mass is 9.94. The molecule has 4 nitrogen and oxygen atoms in total. The first-order valence-electron chi connectivity index (χ1n) is 7.33. The first-order valence-corrected chi connectivity index (χ1v) is 10.0. The van der Waals surface area contributed by atoms with E-state index in [4.69, 9.17) is 0 Å². The Morgan fingerprint density at radius 1 is 1.24 bits per heavy atom. The molecule has 0 bridgehead atoms. The van der Waals surface area contributed by atoms with Crippen LogP contribution in [0.15, 0.2) is 34.1 Å². The molecular weight excluding hydrogens is 304 g/mol. The lowest BCUT2D eigenvalue weighted by molar-refractivity contribution is 0.213. The SMILES string of the molecule is CSc1ccc(S(=O)(=O)NCCC2CCN(C)CC2)cc1. The van der Waals surface area contributed by atoms with E-state index in [0.29, 0.717) is 17.4 Å². The number of rotatable bonds is 6. The van der Waals surface area contributed by atoms with Crippen molar-refractivity contribution in [1.29, 1.82) is 0 Å². The first-order chi connectivity index (χ1) is 10.0. The van der Waals surface area contributed by atoms with Gasteiger partial charge in [0, 0.05) is 11.4 Å². The van der Waals surface area contributed by atoms with Crippen molar-refractivity contribution >= 4 is 21.8 Å². The number of sulfonamides is 1. The topological polar surface area (TPSA) is 49.4 Å². The van der Waals surface area contributed by atoms with Crippen LogP contribution in [0.5, 0.6) is 0 Å². The summed E-state index contributed by atoms with van der Waals surface area (Å²) in [4.78, 5) is 3.75. The molecule has 118 valence electrons. The zero-order valence-electron chi connectivity index (χ0n) is 12.7. The van der Waals surface area contributed by atoms with Crippen molar-refractivity contribution in [2.45, 2.75) is 29.1 Å². The van der Waals surface area contributed by atoms with Gasteiger partial charge in [0.05, 0.1) is 4.90 Å². The summed E-state index contributed by atoms with van der Waals surface area (Å²) in [6.07, 6.45) is 5.24. The fourth-order valence-electron chi connectivity index (χ4n) is 2.59. The van der Waals surface area contributed by atoms with Crippen molar-refractivity contribution in [3.05, 3.63) is 24.3 Å². The van der Waals surface area contributed by atoms with E-state index in [-0.39, 0.29) is 0 Å². The Morgan fingerprint density at radius 3 is 2.43 bits per heavy atom. The predicted octanol–water partition coefficient (Wildman–Crippen LogP) is 2.42. The summed E-state index contributed by atoms with van der Waals surface area (Å²) >= 11 is 1.61. The summed E-state index contributed by atoms with van der Waals surface area (Å²) < 4.78 is 27.1. The molecule has 0 aromatic heterocycles. The Labute approximate surface area is 132 Å². The number of hydrogen-bond donors (Lipinski definition) is 1. The van der Waals surface area contributed by atoms with Crippen molar-refractivity contribution in [3.63, 3.8) is 0 Å². The van der Waals surface area contributed by atoms with Crippen LogP contribution in [0, 0.1) is 5.92 Å². The van der Waals surface area contributed by atoms with Crippen LogP contribution in [0.25, 0.3) is 0 Å². The van der Waals surface area contributed by atoms with E-state index in [0.717, 1.165) is 24.4 Å². The highest BCUT2D eigenvalue weighted by Gasteiger charge is 2.18. The van der Waals surface area contributed by atoms with Gasteiger partial charge in [-0.25, -0.2) is 13.1 Å². The van der Waals surface area contributed by atoms with Gasteiger partial charge in [0.1, 0.15) is 0 Å². The molecule has 1 aromatic rings. The molecule has 1 saturated heterocycles. The molecule has 0 unspecified atom stereocenters. The Bertz CT molecular complexity index is 535. The third-order valence-corrected chi connectivity index (χ3v) is 6.27. The largest absolute Gasteiger partial charge is 0.306 e. The average Bonchev–Trinajstić information content (AvgIpc) is 2.49. The summed E-state index contributed by atoms with van der Waals surface area (Å²) in [5.41, 5.74) is 0. The molecule has 1 aliphatic heterocycles. The third kappa shape index (κ3) is 4.98. The smallest absolute Gasteiger partial charge is 0.240 e. The minimum Gasteiger partial charge on any atom is -0.306 e. The number of likely N-dealkylation sites (tertiary alicyclic amines) is 1. The van der Waals surface area contributed by atoms with Gasteiger partial charge in [0.15, 0.2) is 0 Å². The van der Waals surface area contributed by atoms with E-state index in [1.165, 1.54) is 12.8 Å². The summed E-state index contributed by atoms with van der Waals surface area (Å²) in [7, 11) is -1.23. The maximum atomic E-state index is 12.2. The second-order valence-electron chi connectivity index (χ2n) is 5.61. The minimum absolute atomic E-state index is 0.351. The standard InChI is InChI=1S/C15H24N2O2S2/c1-17-11-8-13(9-12-17)7-10-16-21(18,19)15-5-3-14(20-2)4-6-15/h3-6,13,16H,7-12H2,1-2H3. The maximum absolute atomic E-state index is 12.2. The molecule has 0 amide bonds. The van der Waals surface area contributed by atoms with Crippen LogP contribution in [0.2, 0.25) is 0 Å². The van der Waals surface area contributed by atoms with Gasteiger partial charge in [-0.3, -0.25) is 0 Å². The third-order valence-electron chi connectivity index (χ3n) is 4.05. The second-order valence-corrected chi connectivity index (χ2v) is 8.26. The summed E-state index contributed by atoms with van der Waals surface area (Å²) in [6.45, 7) is 2.77. The molecule has 0 spiro atoms. The van der Waals surface area contributed by atoms with Crippen molar-refractivity contribution in [3.8, 4) is 0 Å². The first kappa shape index (κ1) is 16.8. The molecule has 0 atom stereocenters. The van der Waals surface area contributed by atoms with Gasteiger partial charge >= 0.3 is 0 Å². The minimum atomic E-state index is -3.37. The molecule has 1 aromatic carbocycles. The van der Waals surface area contributed by atoms with Gasteiger partial charge in [-0.15, -0.1) is 11.8 Å². The molecular formula is C15H24N2O2S2. The van der Waals surface area contributed by atoms with Crippen molar-refractivity contribution in [2.75, 3.05) is 32.9 Å². The molecule has 2 rings (SSSR count). The van der Waals surface area contributed by atoms with Crippen LogP contribution in [0.1, 0.15) is 19.3 Å². The highest BCUT2D eigenvalue weighted by molar-refractivity contribution is 7.98. The number of hydrogen-bond acceptors (Lipinski definition) is 4. The fourth-order valence-corrected chi connectivity index (χ4v) is 4.04. The predicted molar refractivity (Wildman–Crippen MR) is 88.2 cm³/mol. The summed E-state index contributed by atoms with van der Waals surface area (Å²) in [5.74, 6) is 0.641. The van der Waals surface area contributed by atoms with Crippen LogP contribution in [-0.4, -0.2) is 46.3 Å². The second kappa shape index (κ2) is 7.63. The quantitative estimate of drug-likeness (QED) is 0.815. The average molecular weight is 329 g/mol. The van der Waals surface area contributed by atoms with Gasteiger partial charge in [-0.1, -0.05) is 0 Å². The Balaban J connectivity index is 1.83. The van der Waals surface area contributed by atoms with Crippen LogP contribution < -0.4 is 4.72 Å². The zero-order valence-corrected chi connectivity index (χ0v) is 14.3. The van der Waals surface area contributed by atoms with E-state index in [9.17, 15) is 8.42 Å². The van der Waals surface area contributed by atoms with Crippen molar-refractivity contribution in [2.24, 2.45) is 5.92 Å². The van der Waals surface area contributed by atoms with Gasteiger partial charge in [-0.2, -0.15) is 0 Å². The maximum Gasteiger partial charge on any atom is 0.240 e. The van der Waals surface area contributed by atoms with Gasteiger partial charge in [-0.05, 0) is 75.8 Å². The van der Waals surface area contributed by atoms with Gasteiger partial charge < -0.3 is 4.90 Å². The fraction of sp³-hybridized carbons (Fsp3) is 0.600. The van der Waals surface area contributed by atoms with Gasteiger partial charge in [0.25, 0.3) is 0 Å². The number of thioether (sulfide) groups is 1. The van der Waals surface area contributed by atoms with E-state index in [2.05, 4.69) is 16.7 Å². The molecule has 1 aliphatic rings. The molecule has 0 radical (unpaired) electrons. The Morgan fingerprint density at radius 2 is 1.86 bits per heavy atom. The molecule has 0 saturated carbocycles. The molecule has 21 heavy (non-hydrogen) atoms. The number of nitrogens with one attached hydrogen (secondary N) is 1. The molecule has 6 heteroatoms. The van der Waals surface area contributed by atoms with Crippen LogP contribution in [-0.2, 0) is 10.0 Å².